The third kappa shape index (κ3) is 6.35. The minimum absolute atomic E-state index is 0.278. The van der Waals surface area contributed by atoms with Gasteiger partial charge in [-0.15, -0.1) is 0 Å². The summed E-state index contributed by atoms with van der Waals surface area (Å²) >= 11 is 0. The van der Waals surface area contributed by atoms with Gasteiger partial charge in [-0.1, -0.05) is 6.92 Å². The second kappa shape index (κ2) is 9.42. The van der Waals surface area contributed by atoms with Crippen LogP contribution in [-0.4, -0.2) is 60.5 Å². The van der Waals surface area contributed by atoms with E-state index in [9.17, 15) is 4.79 Å². The number of rotatable bonds is 8. The van der Waals surface area contributed by atoms with Crippen LogP contribution in [0.2, 0.25) is 0 Å². The van der Waals surface area contributed by atoms with Crippen LogP contribution in [0.15, 0.2) is 0 Å². The molecule has 124 valence electrons. The van der Waals surface area contributed by atoms with Gasteiger partial charge in [0.15, 0.2) is 0 Å². The van der Waals surface area contributed by atoms with E-state index in [4.69, 9.17) is 0 Å². The predicted octanol–water partition coefficient (Wildman–Crippen LogP) is 2.34. The molecular weight excluding hydrogens is 262 g/mol. The molecule has 0 saturated carbocycles. The quantitative estimate of drug-likeness (QED) is 0.747. The SMILES string of the molecule is CCCN(CC(=O)N(C(C)C)C(C)C)CC1CCNCC1. The summed E-state index contributed by atoms with van der Waals surface area (Å²) in [6.07, 6.45) is 3.60. The van der Waals surface area contributed by atoms with Crippen molar-refractivity contribution in [2.75, 3.05) is 32.7 Å². The van der Waals surface area contributed by atoms with Crippen molar-refractivity contribution in [3.05, 3.63) is 0 Å². The molecule has 0 aromatic rings. The fraction of sp³-hybridized carbons (Fsp3) is 0.941. The lowest BCUT2D eigenvalue weighted by atomic mass is 9.97. The molecule has 0 spiro atoms. The van der Waals surface area contributed by atoms with Gasteiger partial charge in [-0.05, 0) is 72.5 Å². The molecule has 1 aliphatic heterocycles. The fourth-order valence-electron chi connectivity index (χ4n) is 3.43. The summed E-state index contributed by atoms with van der Waals surface area (Å²) in [6, 6.07) is 0.555. The zero-order valence-corrected chi connectivity index (χ0v) is 14.7. The fourth-order valence-corrected chi connectivity index (χ4v) is 3.43. The number of amides is 1. The van der Waals surface area contributed by atoms with E-state index in [2.05, 4.69) is 44.8 Å². The average Bonchev–Trinajstić information content (AvgIpc) is 2.39. The van der Waals surface area contributed by atoms with Gasteiger partial charge < -0.3 is 10.2 Å². The lowest BCUT2D eigenvalue weighted by Gasteiger charge is -2.35. The van der Waals surface area contributed by atoms with Gasteiger partial charge >= 0.3 is 0 Å². The smallest absolute Gasteiger partial charge is 0.237 e. The maximum Gasteiger partial charge on any atom is 0.237 e. The Labute approximate surface area is 131 Å². The standard InChI is InChI=1S/C17H35N3O/c1-6-11-19(12-16-7-9-18-10-8-16)13-17(21)20(14(2)3)15(4)5/h14-16,18H,6-13H2,1-5H3. The third-order valence-corrected chi connectivity index (χ3v) is 4.27. The van der Waals surface area contributed by atoms with Crippen molar-refractivity contribution in [3.63, 3.8) is 0 Å². The Balaban J connectivity index is 2.57. The maximum absolute atomic E-state index is 12.6. The molecule has 1 rings (SSSR count). The van der Waals surface area contributed by atoms with Crippen LogP contribution in [0.25, 0.3) is 0 Å². The molecule has 0 atom stereocenters. The topological polar surface area (TPSA) is 35.6 Å². The highest BCUT2D eigenvalue weighted by Crippen LogP contribution is 2.14. The first kappa shape index (κ1) is 18.4. The summed E-state index contributed by atoms with van der Waals surface area (Å²) in [5, 5.41) is 3.42. The molecule has 1 N–H and O–H groups in total. The summed E-state index contributed by atoms with van der Waals surface area (Å²) in [5.41, 5.74) is 0. The molecular formula is C17H35N3O. The molecule has 1 aliphatic rings. The van der Waals surface area contributed by atoms with E-state index in [1.165, 1.54) is 12.8 Å². The first-order valence-corrected chi connectivity index (χ1v) is 8.69. The summed E-state index contributed by atoms with van der Waals surface area (Å²) in [4.78, 5) is 17.0. The zero-order valence-electron chi connectivity index (χ0n) is 14.7. The van der Waals surface area contributed by atoms with Crippen molar-refractivity contribution in [1.82, 2.24) is 15.1 Å². The average molecular weight is 297 g/mol. The van der Waals surface area contributed by atoms with Crippen LogP contribution in [-0.2, 0) is 4.79 Å². The Morgan fingerprint density at radius 3 is 2.19 bits per heavy atom. The van der Waals surface area contributed by atoms with Crippen molar-refractivity contribution in [2.45, 2.75) is 66.0 Å². The highest BCUT2D eigenvalue weighted by molar-refractivity contribution is 5.78. The van der Waals surface area contributed by atoms with E-state index >= 15 is 0 Å². The van der Waals surface area contributed by atoms with Gasteiger partial charge in [0, 0.05) is 18.6 Å². The van der Waals surface area contributed by atoms with Gasteiger partial charge in [-0.25, -0.2) is 0 Å². The zero-order chi connectivity index (χ0) is 15.8. The normalized spacial score (nSPS) is 17.0. The van der Waals surface area contributed by atoms with Crippen LogP contribution in [0.3, 0.4) is 0 Å². The highest BCUT2D eigenvalue weighted by Gasteiger charge is 2.24. The van der Waals surface area contributed by atoms with Gasteiger partial charge in [0.25, 0.3) is 0 Å². The van der Waals surface area contributed by atoms with Crippen LogP contribution >= 0.6 is 0 Å². The molecule has 0 aromatic heterocycles. The molecule has 0 aromatic carbocycles. The van der Waals surface area contributed by atoms with Gasteiger partial charge in [-0.3, -0.25) is 9.69 Å². The molecule has 0 unspecified atom stereocenters. The number of hydrogen-bond acceptors (Lipinski definition) is 3. The van der Waals surface area contributed by atoms with Crippen LogP contribution in [0.1, 0.15) is 53.9 Å². The van der Waals surface area contributed by atoms with E-state index in [1.54, 1.807) is 0 Å². The Hall–Kier alpha value is -0.610. The molecule has 0 aliphatic carbocycles. The van der Waals surface area contributed by atoms with Gasteiger partial charge in [0.2, 0.25) is 5.91 Å². The first-order chi connectivity index (χ1) is 9.95. The van der Waals surface area contributed by atoms with Gasteiger partial charge in [0.05, 0.1) is 6.54 Å². The Morgan fingerprint density at radius 2 is 1.71 bits per heavy atom. The summed E-state index contributed by atoms with van der Waals surface area (Å²) in [7, 11) is 0. The van der Waals surface area contributed by atoms with Crippen molar-refractivity contribution in [1.29, 1.82) is 0 Å². The van der Waals surface area contributed by atoms with E-state index in [1.807, 2.05) is 4.90 Å². The molecule has 0 bridgehead atoms. The second-order valence-electron chi connectivity index (χ2n) is 6.92. The molecule has 1 saturated heterocycles. The largest absolute Gasteiger partial charge is 0.337 e. The maximum atomic E-state index is 12.6. The van der Waals surface area contributed by atoms with Crippen molar-refractivity contribution in [2.24, 2.45) is 5.92 Å². The van der Waals surface area contributed by atoms with Crippen LogP contribution in [0.5, 0.6) is 0 Å². The lowest BCUT2D eigenvalue weighted by Crippen LogP contribution is -2.48. The van der Waals surface area contributed by atoms with Crippen LogP contribution in [0.4, 0.5) is 0 Å². The van der Waals surface area contributed by atoms with Gasteiger partial charge in [-0.2, -0.15) is 0 Å². The monoisotopic (exact) mass is 297 g/mol. The molecule has 1 amide bonds. The number of hydrogen-bond donors (Lipinski definition) is 1. The number of nitrogens with zero attached hydrogens (tertiary/aromatic N) is 2. The van der Waals surface area contributed by atoms with Gasteiger partial charge in [0.1, 0.15) is 0 Å². The Kier molecular flexibility index (Phi) is 8.27. The minimum atomic E-state index is 0.278. The summed E-state index contributed by atoms with van der Waals surface area (Å²) in [6.45, 7) is 15.6. The molecule has 4 nitrogen and oxygen atoms in total. The number of carbonyl (C=O) groups is 1. The highest BCUT2D eigenvalue weighted by atomic mass is 16.2. The minimum Gasteiger partial charge on any atom is -0.337 e. The molecule has 4 heteroatoms. The first-order valence-electron chi connectivity index (χ1n) is 8.69. The molecule has 1 fully saturated rings. The van der Waals surface area contributed by atoms with Crippen LogP contribution in [0, 0.1) is 5.92 Å². The number of carbonyl (C=O) groups excluding carboxylic acids is 1. The molecule has 21 heavy (non-hydrogen) atoms. The third-order valence-electron chi connectivity index (χ3n) is 4.27. The summed E-state index contributed by atoms with van der Waals surface area (Å²) < 4.78 is 0. The Bertz CT molecular complexity index is 290. The van der Waals surface area contributed by atoms with E-state index in [0.717, 1.165) is 38.5 Å². The second-order valence-corrected chi connectivity index (χ2v) is 6.92. The van der Waals surface area contributed by atoms with Crippen molar-refractivity contribution < 1.29 is 4.79 Å². The van der Waals surface area contributed by atoms with E-state index in [-0.39, 0.29) is 18.0 Å². The summed E-state index contributed by atoms with van der Waals surface area (Å²) in [5.74, 6) is 1.03. The van der Waals surface area contributed by atoms with E-state index in [0.29, 0.717) is 6.54 Å². The van der Waals surface area contributed by atoms with Crippen molar-refractivity contribution in [3.8, 4) is 0 Å². The van der Waals surface area contributed by atoms with Crippen molar-refractivity contribution >= 4 is 5.91 Å². The van der Waals surface area contributed by atoms with Crippen LogP contribution < -0.4 is 5.32 Å². The Morgan fingerprint density at radius 1 is 1.14 bits per heavy atom. The number of piperidine rings is 1. The molecule has 0 radical (unpaired) electrons. The molecule has 1 heterocycles. The number of nitrogens with one attached hydrogen (secondary N) is 1. The lowest BCUT2D eigenvalue weighted by molar-refractivity contribution is -0.136. The van der Waals surface area contributed by atoms with E-state index < -0.39 is 0 Å². The predicted molar refractivity (Wildman–Crippen MR) is 89.4 cm³/mol.